The van der Waals surface area contributed by atoms with Gasteiger partial charge >= 0.3 is 5.82 Å². The highest BCUT2D eigenvalue weighted by atomic mass is 16.6. The number of aryl methyl sites for hydroxylation is 1. The van der Waals surface area contributed by atoms with Crippen molar-refractivity contribution >= 4 is 17.5 Å². The number of nitro groups is 1. The van der Waals surface area contributed by atoms with E-state index < -0.39 is 10.8 Å². The van der Waals surface area contributed by atoms with Crippen molar-refractivity contribution in [1.29, 1.82) is 5.26 Å². The molecule has 0 unspecified atom stereocenters. The fourth-order valence-corrected chi connectivity index (χ4v) is 2.37. The molecular formula is C16H13N7O3. The number of benzene rings is 1. The molecule has 0 spiro atoms. The number of rotatable bonds is 5. The number of anilines is 1. The Kier molecular flexibility index (Phi) is 4.44. The van der Waals surface area contributed by atoms with Gasteiger partial charge in [-0.3, -0.25) is 4.79 Å². The SMILES string of the molecule is Cc1cc([N+](=O)[O-])nn1CC(=O)Nc1c(C#N)cnn1-c1ccccc1. The number of nitrogens with one attached hydrogen (secondary N) is 1. The third-order valence-electron chi connectivity index (χ3n) is 3.60. The van der Waals surface area contributed by atoms with E-state index in [0.29, 0.717) is 11.4 Å². The van der Waals surface area contributed by atoms with Crippen LogP contribution in [0.1, 0.15) is 11.3 Å². The normalized spacial score (nSPS) is 10.3. The first-order valence-electron chi connectivity index (χ1n) is 7.52. The number of nitriles is 1. The van der Waals surface area contributed by atoms with Crippen molar-refractivity contribution in [2.75, 3.05) is 5.32 Å². The highest BCUT2D eigenvalue weighted by Gasteiger charge is 2.20. The van der Waals surface area contributed by atoms with Gasteiger partial charge in [0.15, 0.2) is 5.82 Å². The maximum Gasteiger partial charge on any atom is 0.390 e. The zero-order chi connectivity index (χ0) is 18.7. The van der Waals surface area contributed by atoms with Crippen LogP contribution in [0.25, 0.3) is 5.69 Å². The minimum absolute atomic E-state index is 0.199. The van der Waals surface area contributed by atoms with Gasteiger partial charge in [0.25, 0.3) is 0 Å². The number of aromatic nitrogens is 4. The minimum atomic E-state index is -0.625. The molecule has 0 bridgehead atoms. The third-order valence-corrected chi connectivity index (χ3v) is 3.60. The molecule has 0 aliphatic rings. The number of para-hydroxylation sites is 1. The predicted molar refractivity (Wildman–Crippen MR) is 90.5 cm³/mol. The lowest BCUT2D eigenvalue weighted by molar-refractivity contribution is -0.389. The quantitative estimate of drug-likeness (QED) is 0.550. The van der Waals surface area contributed by atoms with Gasteiger partial charge in [0.05, 0.1) is 28.7 Å². The number of hydrogen-bond acceptors (Lipinski definition) is 6. The van der Waals surface area contributed by atoms with E-state index in [9.17, 15) is 20.2 Å². The minimum Gasteiger partial charge on any atom is -0.358 e. The second-order valence-electron chi connectivity index (χ2n) is 5.37. The molecule has 3 rings (SSSR count). The number of hydrogen-bond donors (Lipinski definition) is 1. The summed E-state index contributed by atoms with van der Waals surface area (Å²) in [5, 5.41) is 30.5. The Morgan fingerprint density at radius 1 is 1.38 bits per heavy atom. The molecule has 2 heterocycles. The summed E-state index contributed by atoms with van der Waals surface area (Å²) in [7, 11) is 0. The molecule has 0 aliphatic heterocycles. The lowest BCUT2D eigenvalue weighted by Crippen LogP contribution is -2.22. The van der Waals surface area contributed by atoms with Crippen LogP contribution in [0.4, 0.5) is 11.6 Å². The molecule has 0 saturated carbocycles. The summed E-state index contributed by atoms with van der Waals surface area (Å²) in [4.78, 5) is 22.5. The highest BCUT2D eigenvalue weighted by molar-refractivity contribution is 5.91. The first kappa shape index (κ1) is 16.8. The van der Waals surface area contributed by atoms with Gasteiger partial charge in [-0.15, -0.1) is 0 Å². The van der Waals surface area contributed by atoms with Crippen molar-refractivity contribution in [2.24, 2.45) is 0 Å². The Morgan fingerprint density at radius 2 is 2.12 bits per heavy atom. The van der Waals surface area contributed by atoms with Crippen LogP contribution < -0.4 is 5.32 Å². The van der Waals surface area contributed by atoms with E-state index in [-0.39, 0.29) is 23.7 Å². The maximum absolute atomic E-state index is 12.4. The van der Waals surface area contributed by atoms with Crippen LogP contribution in [0, 0.1) is 28.4 Å². The number of amides is 1. The molecule has 1 aromatic carbocycles. The fraction of sp³-hybridized carbons (Fsp3) is 0.125. The monoisotopic (exact) mass is 351 g/mol. The lowest BCUT2D eigenvalue weighted by atomic mass is 10.3. The second-order valence-corrected chi connectivity index (χ2v) is 5.37. The molecule has 26 heavy (non-hydrogen) atoms. The smallest absolute Gasteiger partial charge is 0.358 e. The van der Waals surface area contributed by atoms with Crippen LogP contribution >= 0.6 is 0 Å². The number of nitrogens with zero attached hydrogens (tertiary/aromatic N) is 6. The van der Waals surface area contributed by atoms with E-state index in [1.54, 1.807) is 31.2 Å². The number of carbonyl (C=O) groups excluding carboxylic acids is 1. The van der Waals surface area contributed by atoms with E-state index in [4.69, 9.17) is 0 Å². The van der Waals surface area contributed by atoms with Gasteiger partial charge in [-0.2, -0.15) is 15.0 Å². The van der Waals surface area contributed by atoms with Gasteiger partial charge in [-0.05, 0) is 24.0 Å². The Balaban J connectivity index is 1.85. The molecule has 0 saturated heterocycles. The molecule has 0 radical (unpaired) electrons. The van der Waals surface area contributed by atoms with Gasteiger partial charge in [-0.25, -0.2) is 4.68 Å². The van der Waals surface area contributed by atoms with Crippen LogP contribution in [-0.4, -0.2) is 30.4 Å². The largest absolute Gasteiger partial charge is 0.390 e. The molecule has 1 N–H and O–H groups in total. The molecular weight excluding hydrogens is 338 g/mol. The Labute approximate surface area is 147 Å². The Morgan fingerprint density at radius 3 is 2.73 bits per heavy atom. The molecule has 0 aliphatic carbocycles. The highest BCUT2D eigenvalue weighted by Crippen LogP contribution is 2.20. The van der Waals surface area contributed by atoms with Crippen LogP contribution in [0.3, 0.4) is 0 Å². The van der Waals surface area contributed by atoms with Crippen molar-refractivity contribution in [2.45, 2.75) is 13.5 Å². The molecule has 130 valence electrons. The first-order chi connectivity index (χ1) is 12.5. The predicted octanol–water partition coefficient (Wildman–Crippen LogP) is 1.80. The van der Waals surface area contributed by atoms with E-state index >= 15 is 0 Å². The van der Waals surface area contributed by atoms with Crippen LogP contribution in [0.15, 0.2) is 42.6 Å². The van der Waals surface area contributed by atoms with Crippen LogP contribution in [-0.2, 0) is 11.3 Å². The summed E-state index contributed by atoms with van der Waals surface area (Å²) in [6.45, 7) is 1.38. The second kappa shape index (κ2) is 6.86. The van der Waals surface area contributed by atoms with Gasteiger partial charge in [0.1, 0.15) is 18.2 Å². The summed E-state index contributed by atoms with van der Waals surface area (Å²) in [5.74, 6) is -0.592. The van der Waals surface area contributed by atoms with Crippen molar-refractivity contribution in [3.63, 3.8) is 0 Å². The summed E-state index contributed by atoms with van der Waals surface area (Å²) in [6.07, 6.45) is 1.35. The molecule has 1 amide bonds. The number of carbonyl (C=O) groups is 1. The van der Waals surface area contributed by atoms with Gasteiger partial charge in [-0.1, -0.05) is 18.2 Å². The van der Waals surface area contributed by atoms with Gasteiger partial charge in [0.2, 0.25) is 5.91 Å². The topological polar surface area (TPSA) is 132 Å². The van der Waals surface area contributed by atoms with Crippen molar-refractivity contribution < 1.29 is 9.72 Å². The third kappa shape index (κ3) is 3.27. The molecule has 10 heteroatoms. The lowest BCUT2D eigenvalue weighted by Gasteiger charge is -2.09. The zero-order valence-electron chi connectivity index (χ0n) is 13.7. The van der Waals surface area contributed by atoms with E-state index in [1.807, 2.05) is 12.1 Å². The van der Waals surface area contributed by atoms with Crippen LogP contribution in [0.5, 0.6) is 0 Å². The standard InChI is InChI=1S/C16H13N7O3/c1-11-7-14(23(25)26)20-21(11)10-15(24)19-16-12(8-17)9-18-22(16)13-5-3-2-4-6-13/h2-7,9H,10H2,1H3,(H,19,24). The summed E-state index contributed by atoms with van der Waals surface area (Å²) in [5.41, 5.74) is 1.35. The van der Waals surface area contributed by atoms with Crippen molar-refractivity contribution in [3.05, 3.63) is 64.0 Å². The Hall–Kier alpha value is -4.00. The molecule has 10 nitrogen and oxygen atoms in total. The average molecular weight is 351 g/mol. The van der Waals surface area contributed by atoms with Crippen LogP contribution in [0.2, 0.25) is 0 Å². The zero-order valence-corrected chi connectivity index (χ0v) is 13.7. The van der Waals surface area contributed by atoms with Crippen molar-refractivity contribution in [1.82, 2.24) is 19.6 Å². The molecule has 2 aromatic heterocycles. The van der Waals surface area contributed by atoms with Crippen molar-refractivity contribution in [3.8, 4) is 11.8 Å². The molecule has 0 fully saturated rings. The fourth-order valence-electron chi connectivity index (χ4n) is 2.37. The summed E-state index contributed by atoms with van der Waals surface area (Å²) in [6, 6.07) is 12.3. The summed E-state index contributed by atoms with van der Waals surface area (Å²) < 4.78 is 2.66. The molecule has 3 aromatic rings. The van der Waals surface area contributed by atoms with E-state index in [2.05, 4.69) is 15.5 Å². The van der Waals surface area contributed by atoms with Gasteiger partial charge < -0.3 is 15.4 Å². The van der Waals surface area contributed by atoms with E-state index in [0.717, 1.165) is 0 Å². The maximum atomic E-state index is 12.4. The summed E-state index contributed by atoms with van der Waals surface area (Å²) >= 11 is 0. The first-order valence-corrected chi connectivity index (χ1v) is 7.52. The average Bonchev–Trinajstić information content (AvgIpc) is 3.19. The van der Waals surface area contributed by atoms with Gasteiger partial charge in [0, 0.05) is 0 Å². The van der Waals surface area contributed by atoms with E-state index in [1.165, 1.54) is 21.6 Å². The Bertz CT molecular complexity index is 1010. The molecule has 0 atom stereocenters.